The van der Waals surface area contributed by atoms with Crippen LogP contribution in [0.5, 0.6) is 0 Å². The summed E-state index contributed by atoms with van der Waals surface area (Å²) in [7, 11) is 0. The smallest absolute Gasteiger partial charge is 0.0810 e. The zero-order valence-corrected chi connectivity index (χ0v) is 12.1. The molecular formula is C14H21NO2S. The molecule has 0 saturated carbocycles. The molecule has 4 heteroatoms. The molecule has 0 amide bonds. The molecule has 0 bridgehead atoms. The van der Waals surface area contributed by atoms with Crippen LogP contribution in [0.25, 0.3) is 0 Å². The van der Waals surface area contributed by atoms with Crippen molar-refractivity contribution in [2.24, 2.45) is 5.73 Å². The highest BCUT2D eigenvalue weighted by molar-refractivity contribution is 7.12. The predicted octanol–water partition coefficient (Wildman–Crippen LogP) is 2.39. The van der Waals surface area contributed by atoms with E-state index in [1.807, 2.05) is 32.9 Å². The van der Waals surface area contributed by atoms with E-state index in [0.29, 0.717) is 26.4 Å². The van der Waals surface area contributed by atoms with E-state index in [1.54, 1.807) is 11.3 Å². The maximum Gasteiger partial charge on any atom is 0.0810 e. The van der Waals surface area contributed by atoms with Gasteiger partial charge in [0.25, 0.3) is 0 Å². The molecule has 0 radical (unpaired) electrons. The molecule has 1 rings (SSSR count). The molecule has 0 aliphatic carbocycles. The van der Waals surface area contributed by atoms with Gasteiger partial charge in [0.15, 0.2) is 0 Å². The van der Waals surface area contributed by atoms with Crippen molar-refractivity contribution in [1.29, 1.82) is 0 Å². The number of hydrogen-bond donors (Lipinski definition) is 1. The van der Waals surface area contributed by atoms with Crippen LogP contribution in [0.4, 0.5) is 0 Å². The van der Waals surface area contributed by atoms with Crippen LogP contribution in [-0.4, -0.2) is 25.4 Å². The molecular weight excluding hydrogens is 246 g/mol. The molecule has 1 aromatic heterocycles. The highest BCUT2D eigenvalue weighted by atomic mass is 32.1. The van der Waals surface area contributed by atoms with Gasteiger partial charge in [-0.3, -0.25) is 0 Å². The Bertz CT molecular complexity index is 409. The van der Waals surface area contributed by atoms with Crippen molar-refractivity contribution in [3.8, 4) is 11.8 Å². The van der Waals surface area contributed by atoms with Gasteiger partial charge in [0.05, 0.1) is 36.8 Å². The molecule has 3 nitrogen and oxygen atoms in total. The van der Waals surface area contributed by atoms with E-state index >= 15 is 0 Å². The van der Waals surface area contributed by atoms with Crippen LogP contribution in [0.1, 0.15) is 30.5 Å². The summed E-state index contributed by atoms with van der Waals surface area (Å²) in [4.78, 5) is 2.21. The summed E-state index contributed by atoms with van der Waals surface area (Å²) in [5.41, 5.74) is 5.22. The van der Waals surface area contributed by atoms with Crippen LogP contribution in [0.2, 0.25) is 0 Å². The second-order valence-electron chi connectivity index (χ2n) is 4.79. The Labute approximate surface area is 113 Å². The lowest BCUT2D eigenvalue weighted by Crippen LogP contribution is -2.21. The van der Waals surface area contributed by atoms with Crippen molar-refractivity contribution < 1.29 is 9.47 Å². The third kappa shape index (κ3) is 6.77. The first-order valence-corrected chi connectivity index (χ1v) is 6.82. The predicted molar refractivity (Wildman–Crippen MR) is 75.6 cm³/mol. The summed E-state index contributed by atoms with van der Waals surface area (Å²) in [6.45, 7) is 8.35. The quantitative estimate of drug-likeness (QED) is 0.658. The topological polar surface area (TPSA) is 44.5 Å². The van der Waals surface area contributed by atoms with Crippen molar-refractivity contribution in [3.05, 3.63) is 21.9 Å². The van der Waals surface area contributed by atoms with Gasteiger partial charge in [-0.15, -0.1) is 11.3 Å². The minimum Gasteiger partial charge on any atom is -0.374 e. The van der Waals surface area contributed by atoms with Crippen molar-refractivity contribution in [1.82, 2.24) is 0 Å². The van der Waals surface area contributed by atoms with Crippen LogP contribution in [-0.2, 0) is 16.1 Å². The Hall–Kier alpha value is -0.860. The van der Waals surface area contributed by atoms with Gasteiger partial charge >= 0.3 is 0 Å². The molecule has 0 aliphatic heterocycles. The zero-order valence-electron chi connectivity index (χ0n) is 11.3. The van der Waals surface area contributed by atoms with Gasteiger partial charge < -0.3 is 15.2 Å². The summed E-state index contributed by atoms with van der Waals surface area (Å²) in [6.07, 6.45) is 0. The fourth-order valence-electron chi connectivity index (χ4n) is 1.24. The maximum absolute atomic E-state index is 5.57. The van der Waals surface area contributed by atoms with Crippen molar-refractivity contribution in [2.45, 2.75) is 33.0 Å². The standard InChI is InChI=1S/C14H21NO2S/c1-14(2,3)17-10-9-16-11-13-7-6-12(18-13)5-4-8-15/h6-7H,8-11,15H2,1-3H3. The Morgan fingerprint density at radius 1 is 1.28 bits per heavy atom. The second kappa shape index (κ2) is 7.55. The fraction of sp³-hybridized carbons (Fsp3) is 0.571. The summed E-state index contributed by atoms with van der Waals surface area (Å²) in [5, 5.41) is 0. The normalized spacial score (nSPS) is 11.1. The van der Waals surface area contributed by atoms with Crippen LogP contribution in [0.3, 0.4) is 0 Å². The minimum atomic E-state index is -0.0999. The van der Waals surface area contributed by atoms with Gasteiger partial charge in [0.2, 0.25) is 0 Å². The molecule has 2 N–H and O–H groups in total. The highest BCUT2D eigenvalue weighted by Crippen LogP contribution is 2.16. The van der Waals surface area contributed by atoms with Crippen LogP contribution in [0.15, 0.2) is 12.1 Å². The first kappa shape index (κ1) is 15.2. The number of rotatable bonds is 5. The first-order chi connectivity index (χ1) is 8.51. The Kier molecular flexibility index (Phi) is 6.37. The van der Waals surface area contributed by atoms with Gasteiger partial charge in [-0.2, -0.15) is 0 Å². The summed E-state index contributed by atoms with van der Waals surface area (Å²) in [6, 6.07) is 4.04. The number of ether oxygens (including phenoxy) is 2. The SMILES string of the molecule is CC(C)(C)OCCOCc1ccc(C#CCN)s1. The van der Waals surface area contributed by atoms with E-state index in [0.717, 1.165) is 4.88 Å². The molecule has 0 spiro atoms. The van der Waals surface area contributed by atoms with Crippen LogP contribution >= 0.6 is 11.3 Å². The van der Waals surface area contributed by atoms with E-state index in [1.165, 1.54) is 4.88 Å². The highest BCUT2D eigenvalue weighted by Gasteiger charge is 2.09. The number of nitrogens with two attached hydrogens (primary N) is 1. The molecule has 0 aromatic carbocycles. The average molecular weight is 267 g/mol. The molecule has 0 atom stereocenters. The van der Waals surface area contributed by atoms with E-state index in [-0.39, 0.29) is 5.60 Å². The molecule has 1 aromatic rings. The van der Waals surface area contributed by atoms with E-state index in [9.17, 15) is 0 Å². The van der Waals surface area contributed by atoms with Gasteiger partial charge in [-0.25, -0.2) is 0 Å². The first-order valence-electron chi connectivity index (χ1n) is 6.00. The van der Waals surface area contributed by atoms with Gasteiger partial charge in [0.1, 0.15) is 0 Å². The fourth-order valence-corrected chi connectivity index (χ4v) is 2.06. The van der Waals surface area contributed by atoms with Crippen LogP contribution < -0.4 is 5.73 Å². The van der Waals surface area contributed by atoms with Gasteiger partial charge in [-0.1, -0.05) is 11.8 Å². The lowest BCUT2D eigenvalue weighted by atomic mass is 10.2. The third-order valence-corrected chi connectivity index (χ3v) is 2.96. The number of hydrogen-bond acceptors (Lipinski definition) is 4. The number of thiophene rings is 1. The molecule has 0 saturated heterocycles. The average Bonchev–Trinajstić information content (AvgIpc) is 2.72. The lowest BCUT2D eigenvalue weighted by Gasteiger charge is -2.19. The monoisotopic (exact) mass is 267 g/mol. The van der Waals surface area contributed by atoms with E-state index in [4.69, 9.17) is 15.2 Å². The van der Waals surface area contributed by atoms with Crippen molar-refractivity contribution in [3.63, 3.8) is 0 Å². The summed E-state index contributed by atoms with van der Waals surface area (Å²) >= 11 is 1.64. The minimum absolute atomic E-state index is 0.0999. The van der Waals surface area contributed by atoms with E-state index in [2.05, 4.69) is 11.8 Å². The largest absolute Gasteiger partial charge is 0.374 e. The second-order valence-corrected chi connectivity index (χ2v) is 5.95. The van der Waals surface area contributed by atoms with Gasteiger partial charge in [-0.05, 0) is 32.9 Å². The molecule has 0 fully saturated rings. The molecule has 18 heavy (non-hydrogen) atoms. The van der Waals surface area contributed by atoms with Crippen molar-refractivity contribution in [2.75, 3.05) is 19.8 Å². The van der Waals surface area contributed by atoms with E-state index < -0.39 is 0 Å². The molecule has 0 unspecified atom stereocenters. The lowest BCUT2D eigenvalue weighted by molar-refractivity contribution is -0.0373. The van der Waals surface area contributed by atoms with Crippen LogP contribution in [0, 0.1) is 11.8 Å². The molecule has 0 aliphatic rings. The Morgan fingerprint density at radius 3 is 2.72 bits per heavy atom. The van der Waals surface area contributed by atoms with Crippen molar-refractivity contribution >= 4 is 11.3 Å². The Balaban J connectivity index is 2.21. The zero-order chi connectivity index (χ0) is 13.4. The Morgan fingerprint density at radius 2 is 2.06 bits per heavy atom. The summed E-state index contributed by atoms with van der Waals surface area (Å²) in [5.74, 6) is 5.85. The summed E-state index contributed by atoms with van der Waals surface area (Å²) < 4.78 is 11.1. The third-order valence-electron chi connectivity index (χ3n) is 1.98. The maximum atomic E-state index is 5.57. The van der Waals surface area contributed by atoms with Gasteiger partial charge in [0, 0.05) is 4.88 Å². The molecule has 1 heterocycles. The molecule has 100 valence electrons.